The Kier molecular flexibility index (Phi) is 6.67. The van der Waals surface area contributed by atoms with E-state index < -0.39 is 11.8 Å². The van der Waals surface area contributed by atoms with Crippen LogP contribution in [0.4, 0.5) is 0 Å². The third-order valence-corrected chi connectivity index (χ3v) is 3.30. The highest BCUT2D eigenvalue weighted by Gasteiger charge is 2.20. The Hall–Kier alpha value is -1.14. The van der Waals surface area contributed by atoms with Crippen LogP contribution in [0.1, 0.15) is 12.8 Å². The Balaban J connectivity index is 2.15. The van der Waals surface area contributed by atoms with Crippen molar-refractivity contribution in [2.75, 3.05) is 46.9 Å². The van der Waals surface area contributed by atoms with Crippen LogP contribution in [0, 0.1) is 5.92 Å². The van der Waals surface area contributed by atoms with E-state index in [1.165, 1.54) is 7.05 Å². The second-order valence-electron chi connectivity index (χ2n) is 4.57. The maximum Gasteiger partial charge on any atom is 0.309 e. The Labute approximate surface area is 108 Å². The van der Waals surface area contributed by atoms with Gasteiger partial charge in [-0.05, 0) is 31.8 Å². The highest BCUT2D eigenvalue weighted by Crippen LogP contribution is 2.15. The summed E-state index contributed by atoms with van der Waals surface area (Å²) in [4.78, 5) is 24.6. The van der Waals surface area contributed by atoms with E-state index in [1.807, 2.05) is 0 Å². The molecule has 1 aliphatic rings. The molecule has 0 spiro atoms. The summed E-state index contributed by atoms with van der Waals surface area (Å²) in [6.45, 7) is 4.38. The van der Waals surface area contributed by atoms with E-state index in [0.29, 0.717) is 12.5 Å². The number of amides is 2. The van der Waals surface area contributed by atoms with Crippen LogP contribution >= 0.6 is 0 Å². The Bertz CT molecular complexity index is 276. The zero-order valence-electron chi connectivity index (χ0n) is 11.2. The van der Waals surface area contributed by atoms with E-state index in [2.05, 4.69) is 15.5 Å². The highest BCUT2D eigenvalue weighted by atomic mass is 16.5. The lowest BCUT2D eigenvalue weighted by Crippen LogP contribution is -2.43. The molecule has 0 saturated carbocycles. The average molecular weight is 257 g/mol. The first kappa shape index (κ1) is 14.9. The van der Waals surface area contributed by atoms with Crippen LogP contribution in [0.3, 0.4) is 0 Å². The smallest absolute Gasteiger partial charge is 0.309 e. The molecule has 0 aromatic heterocycles. The summed E-state index contributed by atoms with van der Waals surface area (Å²) < 4.78 is 5.05. The summed E-state index contributed by atoms with van der Waals surface area (Å²) in [5.74, 6) is -0.649. The van der Waals surface area contributed by atoms with Crippen molar-refractivity contribution >= 4 is 11.8 Å². The van der Waals surface area contributed by atoms with Crippen molar-refractivity contribution in [2.45, 2.75) is 12.8 Å². The van der Waals surface area contributed by atoms with E-state index in [-0.39, 0.29) is 0 Å². The fourth-order valence-electron chi connectivity index (χ4n) is 2.07. The molecule has 6 heteroatoms. The highest BCUT2D eigenvalue weighted by molar-refractivity contribution is 6.34. The Morgan fingerprint density at radius 3 is 2.50 bits per heavy atom. The fourth-order valence-corrected chi connectivity index (χ4v) is 2.07. The van der Waals surface area contributed by atoms with Crippen molar-refractivity contribution in [3.05, 3.63) is 0 Å². The lowest BCUT2D eigenvalue weighted by Gasteiger charge is -2.31. The van der Waals surface area contributed by atoms with Crippen molar-refractivity contribution in [1.29, 1.82) is 0 Å². The molecule has 0 aliphatic carbocycles. The summed E-state index contributed by atoms with van der Waals surface area (Å²) in [7, 11) is 3.16. The molecule has 2 N–H and O–H groups in total. The number of nitrogens with zero attached hydrogens (tertiary/aromatic N) is 1. The number of likely N-dealkylation sites (N-methyl/N-ethyl adjacent to an activating group) is 1. The predicted molar refractivity (Wildman–Crippen MR) is 68.1 cm³/mol. The standard InChI is InChI=1S/C12H23N3O3/c1-13-11(16)12(17)14-9-10-3-5-15(6-4-10)7-8-18-2/h10H,3-9H2,1-2H3,(H,13,16)(H,14,17). The normalized spacial score (nSPS) is 17.4. The van der Waals surface area contributed by atoms with Gasteiger partial charge in [0.25, 0.3) is 0 Å². The molecule has 1 saturated heterocycles. The molecule has 0 bridgehead atoms. The van der Waals surface area contributed by atoms with Crippen LogP contribution in [-0.4, -0.2) is 63.7 Å². The lowest BCUT2D eigenvalue weighted by atomic mass is 9.97. The van der Waals surface area contributed by atoms with Crippen LogP contribution in [0.25, 0.3) is 0 Å². The number of hydrogen-bond donors (Lipinski definition) is 2. The zero-order chi connectivity index (χ0) is 13.4. The average Bonchev–Trinajstić information content (AvgIpc) is 2.42. The first-order valence-electron chi connectivity index (χ1n) is 6.38. The molecule has 0 unspecified atom stereocenters. The molecule has 1 fully saturated rings. The van der Waals surface area contributed by atoms with Gasteiger partial charge in [0.15, 0.2) is 0 Å². The monoisotopic (exact) mass is 257 g/mol. The summed E-state index contributed by atoms with van der Waals surface area (Å²) >= 11 is 0. The van der Waals surface area contributed by atoms with Gasteiger partial charge in [0.1, 0.15) is 0 Å². The maximum absolute atomic E-state index is 11.3. The SMILES string of the molecule is CNC(=O)C(=O)NCC1CCN(CCOC)CC1. The third-order valence-electron chi connectivity index (χ3n) is 3.30. The summed E-state index contributed by atoms with van der Waals surface area (Å²) in [6.07, 6.45) is 2.11. The molecule has 0 radical (unpaired) electrons. The van der Waals surface area contributed by atoms with Gasteiger partial charge >= 0.3 is 11.8 Å². The van der Waals surface area contributed by atoms with Crippen molar-refractivity contribution < 1.29 is 14.3 Å². The van der Waals surface area contributed by atoms with E-state index >= 15 is 0 Å². The van der Waals surface area contributed by atoms with Gasteiger partial charge in [0.2, 0.25) is 0 Å². The van der Waals surface area contributed by atoms with Gasteiger partial charge in [-0.2, -0.15) is 0 Å². The van der Waals surface area contributed by atoms with E-state index in [0.717, 1.165) is 39.1 Å². The quantitative estimate of drug-likeness (QED) is 0.633. The Morgan fingerprint density at radius 2 is 1.94 bits per heavy atom. The van der Waals surface area contributed by atoms with Crippen LogP contribution in [-0.2, 0) is 14.3 Å². The number of likely N-dealkylation sites (tertiary alicyclic amines) is 1. The number of hydrogen-bond acceptors (Lipinski definition) is 4. The van der Waals surface area contributed by atoms with Crippen molar-refractivity contribution in [3.63, 3.8) is 0 Å². The van der Waals surface area contributed by atoms with Gasteiger partial charge in [-0.15, -0.1) is 0 Å². The van der Waals surface area contributed by atoms with Gasteiger partial charge in [-0.1, -0.05) is 0 Å². The molecule has 0 atom stereocenters. The van der Waals surface area contributed by atoms with Gasteiger partial charge < -0.3 is 20.3 Å². The van der Waals surface area contributed by atoms with Gasteiger partial charge in [0, 0.05) is 27.2 Å². The number of ether oxygens (including phenoxy) is 1. The number of carbonyl (C=O) groups excluding carboxylic acids is 2. The molecule has 18 heavy (non-hydrogen) atoms. The molecule has 1 heterocycles. The lowest BCUT2D eigenvalue weighted by molar-refractivity contribution is -0.139. The molecule has 6 nitrogen and oxygen atoms in total. The largest absolute Gasteiger partial charge is 0.383 e. The minimum Gasteiger partial charge on any atom is -0.383 e. The van der Waals surface area contributed by atoms with E-state index in [4.69, 9.17) is 4.74 Å². The van der Waals surface area contributed by atoms with Gasteiger partial charge in [-0.25, -0.2) is 0 Å². The molecule has 0 aromatic carbocycles. The first-order chi connectivity index (χ1) is 8.67. The van der Waals surface area contributed by atoms with Crippen LogP contribution in [0.15, 0.2) is 0 Å². The van der Waals surface area contributed by atoms with Crippen LogP contribution in [0.2, 0.25) is 0 Å². The number of carbonyl (C=O) groups is 2. The second-order valence-corrected chi connectivity index (χ2v) is 4.57. The van der Waals surface area contributed by atoms with Gasteiger partial charge in [0.05, 0.1) is 6.61 Å². The minimum absolute atomic E-state index is 0.470. The molecule has 2 amide bonds. The molecule has 0 aromatic rings. The predicted octanol–water partition coefficient (Wildman–Crippen LogP) is -0.793. The molecule has 1 rings (SSSR count). The summed E-state index contributed by atoms with van der Waals surface area (Å²) in [6, 6.07) is 0. The molecule has 1 aliphatic heterocycles. The summed E-state index contributed by atoms with van der Waals surface area (Å²) in [5, 5.41) is 4.98. The van der Waals surface area contributed by atoms with Crippen molar-refractivity contribution in [3.8, 4) is 0 Å². The van der Waals surface area contributed by atoms with E-state index in [9.17, 15) is 9.59 Å². The maximum atomic E-state index is 11.3. The van der Waals surface area contributed by atoms with Gasteiger partial charge in [-0.3, -0.25) is 9.59 Å². The summed E-state index contributed by atoms with van der Waals surface area (Å²) in [5.41, 5.74) is 0. The minimum atomic E-state index is -0.576. The first-order valence-corrected chi connectivity index (χ1v) is 6.38. The van der Waals surface area contributed by atoms with Crippen molar-refractivity contribution in [2.24, 2.45) is 5.92 Å². The van der Waals surface area contributed by atoms with Crippen LogP contribution in [0.5, 0.6) is 0 Å². The molecular formula is C12H23N3O3. The third kappa shape index (κ3) is 5.01. The fraction of sp³-hybridized carbons (Fsp3) is 0.833. The second kappa shape index (κ2) is 8.05. The van der Waals surface area contributed by atoms with Crippen LogP contribution < -0.4 is 10.6 Å². The number of piperidine rings is 1. The Morgan fingerprint density at radius 1 is 1.28 bits per heavy atom. The number of rotatable bonds is 5. The topological polar surface area (TPSA) is 70.7 Å². The zero-order valence-corrected chi connectivity index (χ0v) is 11.2. The number of methoxy groups -OCH3 is 1. The molecular weight excluding hydrogens is 234 g/mol. The van der Waals surface area contributed by atoms with E-state index in [1.54, 1.807) is 7.11 Å². The molecule has 104 valence electrons. The number of nitrogens with one attached hydrogen (secondary N) is 2. The van der Waals surface area contributed by atoms with Crippen molar-refractivity contribution in [1.82, 2.24) is 15.5 Å².